The summed E-state index contributed by atoms with van der Waals surface area (Å²) in [6, 6.07) is 28.2. The highest BCUT2D eigenvalue weighted by Gasteiger charge is 2.39. The number of aliphatic hydroxyl groups is 2. The second kappa shape index (κ2) is 14.0. The number of carbonyl (C=O) groups is 1. The normalized spacial score (nSPS) is 21.7. The van der Waals surface area contributed by atoms with Crippen molar-refractivity contribution in [3.63, 3.8) is 0 Å². The van der Waals surface area contributed by atoms with Gasteiger partial charge in [-0.15, -0.1) is 0 Å². The van der Waals surface area contributed by atoms with Crippen LogP contribution in [0.1, 0.15) is 65.0 Å². The first-order valence-electron chi connectivity index (χ1n) is 14.6. The smallest absolute Gasteiger partial charge is 0.257 e. The van der Waals surface area contributed by atoms with Crippen molar-refractivity contribution < 1.29 is 24.5 Å². The molecule has 3 aromatic carbocycles. The topological polar surface area (TPSA) is 104 Å². The van der Waals surface area contributed by atoms with Gasteiger partial charge in [-0.3, -0.25) is 14.7 Å². The van der Waals surface area contributed by atoms with Crippen molar-refractivity contribution in [1.82, 2.24) is 9.88 Å². The van der Waals surface area contributed by atoms with Crippen LogP contribution in [0.25, 0.3) is 0 Å². The number of hydrogen-bond donors (Lipinski definition) is 3. The van der Waals surface area contributed by atoms with Gasteiger partial charge in [0.05, 0.1) is 30.5 Å². The molecule has 8 heteroatoms. The first-order valence-corrected chi connectivity index (χ1v) is 14.6. The number of benzene rings is 3. The number of nitrogens with zero attached hydrogens (tertiary/aromatic N) is 2. The van der Waals surface area contributed by atoms with E-state index in [9.17, 15) is 15.0 Å². The minimum Gasteiger partial charge on any atom is -0.392 e. The molecule has 0 aliphatic carbocycles. The molecule has 0 radical (unpaired) electrons. The Morgan fingerprint density at radius 3 is 2.30 bits per heavy atom. The number of likely N-dealkylation sites (N-methyl/N-ethyl adjacent to an activating group) is 1. The van der Waals surface area contributed by atoms with Crippen LogP contribution in [0.2, 0.25) is 0 Å². The van der Waals surface area contributed by atoms with Crippen molar-refractivity contribution in [2.45, 2.75) is 51.1 Å². The first-order chi connectivity index (χ1) is 20.8. The van der Waals surface area contributed by atoms with Crippen LogP contribution in [0.3, 0.4) is 0 Å². The van der Waals surface area contributed by atoms with Crippen LogP contribution in [0.15, 0.2) is 103 Å². The minimum absolute atomic E-state index is 0.00205. The van der Waals surface area contributed by atoms with Gasteiger partial charge in [-0.25, -0.2) is 0 Å². The van der Waals surface area contributed by atoms with Crippen molar-refractivity contribution in [1.29, 1.82) is 0 Å². The lowest BCUT2D eigenvalue weighted by Gasteiger charge is -2.43. The highest BCUT2D eigenvalue weighted by molar-refractivity contribution is 6.04. The lowest BCUT2D eigenvalue weighted by molar-refractivity contribution is -0.276. The van der Waals surface area contributed by atoms with Crippen LogP contribution in [0, 0.1) is 5.92 Å². The van der Waals surface area contributed by atoms with Crippen molar-refractivity contribution in [3.05, 3.63) is 131 Å². The zero-order valence-corrected chi connectivity index (χ0v) is 24.7. The SMILES string of the molecule is C[C@H]1[C@@H](CN(C)[C@@H](C)[C@H](O)c2ccccc2)O[C@@H](c2ccc(NC(=O)c3cccnc3)cc2)O[C@H]1c1ccc(CO)cc1. The van der Waals surface area contributed by atoms with E-state index in [2.05, 4.69) is 22.1 Å². The van der Waals surface area contributed by atoms with Crippen molar-refractivity contribution >= 4 is 11.6 Å². The zero-order valence-electron chi connectivity index (χ0n) is 24.7. The molecule has 2 heterocycles. The Hall–Kier alpha value is -3.92. The summed E-state index contributed by atoms with van der Waals surface area (Å²) in [5.74, 6) is -0.237. The van der Waals surface area contributed by atoms with Crippen molar-refractivity contribution in [3.8, 4) is 0 Å². The maximum Gasteiger partial charge on any atom is 0.257 e. The van der Waals surface area contributed by atoms with Crippen LogP contribution in [-0.4, -0.2) is 51.7 Å². The van der Waals surface area contributed by atoms with Crippen molar-refractivity contribution in [2.24, 2.45) is 5.92 Å². The molecule has 0 saturated carbocycles. The predicted octanol–water partition coefficient (Wildman–Crippen LogP) is 5.67. The molecule has 4 aromatic rings. The number of rotatable bonds is 10. The Bertz CT molecular complexity index is 1450. The second-order valence-electron chi connectivity index (χ2n) is 11.2. The molecular formula is C35H39N3O5. The fourth-order valence-electron chi connectivity index (χ4n) is 5.37. The van der Waals surface area contributed by atoms with Gasteiger partial charge in [0, 0.05) is 42.1 Å². The van der Waals surface area contributed by atoms with E-state index < -0.39 is 12.4 Å². The zero-order chi connectivity index (χ0) is 30.3. The summed E-state index contributed by atoms with van der Waals surface area (Å²) >= 11 is 0. The predicted molar refractivity (Wildman–Crippen MR) is 165 cm³/mol. The van der Waals surface area contributed by atoms with Crippen LogP contribution >= 0.6 is 0 Å². The summed E-state index contributed by atoms with van der Waals surface area (Å²) in [6.45, 7) is 4.69. The van der Waals surface area contributed by atoms with E-state index >= 15 is 0 Å². The molecule has 3 N–H and O–H groups in total. The van der Waals surface area contributed by atoms with Gasteiger partial charge in [0.15, 0.2) is 6.29 Å². The third kappa shape index (κ3) is 7.36. The Morgan fingerprint density at radius 1 is 0.953 bits per heavy atom. The standard InChI is InChI=1S/C35H39N3O5/c1-23-31(21-38(3)24(2)32(40)26-8-5-4-6-9-26)42-35(43-33(23)27-13-11-25(22-39)12-14-27)28-15-17-30(18-16-28)37-34(41)29-10-7-19-36-20-29/h4-20,23-24,31-33,35,39-40H,21-22H2,1-3H3,(H,37,41)/t23-,24-,31+,32-,33+,35+/m0/s1. The maximum absolute atomic E-state index is 12.6. The van der Waals surface area contributed by atoms with Gasteiger partial charge in [0.1, 0.15) is 0 Å². The molecule has 0 unspecified atom stereocenters. The van der Waals surface area contributed by atoms with Gasteiger partial charge in [0.25, 0.3) is 5.91 Å². The number of ether oxygens (including phenoxy) is 2. The van der Waals surface area contributed by atoms with Gasteiger partial charge < -0.3 is 25.0 Å². The van der Waals surface area contributed by atoms with E-state index in [1.807, 2.05) is 92.8 Å². The summed E-state index contributed by atoms with van der Waals surface area (Å²) in [6.07, 6.45) is 1.40. The number of pyridine rings is 1. The van der Waals surface area contributed by atoms with Crippen LogP contribution in [-0.2, 0) is 16.1 Å². The third-order valence-corrected chi connectivity index (χ3v) is 8.25. The van der Waals surface area contributed by atoms with Gasteiger partial charge in [0.2, 0.25) is 0 Å². The monoisotopic (exact) mass is 581 g/mol. The Kier molecular flexibility index (Phi) is 9.97. The Morgan fingerprint density at radius 2 is 1.65 bits per heavy atom. The number of carbonyl (C=O) groups excluding carboxylic acids is 1. The average molecular weight is 582 g/mol. The molecule has 1 aliphatic heterocycles. The average Bonchev–Trinajstić information content (AvgIpc) is 3.06. The van der Waals surface area contributed by atoms with Gasteiger partial charge >= 0.3 is 0 Å². The van der Waals surface area contributed by atoms with E-state index in [1.54, 1.807) is 18.3 Å². The fraction of sp³-hybridized carbons (Fsp3) is 0.314. The number of hydrogen-bond acceptors (Lipinski definition) is 7. The molecule has 8 nitrogen and oxygen atoms in total. The Labute approximate surface area is 252 Å². The molecule has 1 aromatic heterocycles. The molecule has 0 spiro atoms. The van der Waals surface area contributed by atoms with Gasteiger partial charge in [-0.1, -0.05) is 73.7 Å². The number of aromatic nitrogens is 1. The molecule has 5 rings (SSSR count). The molecule has 0 bridgehead atoms. The number of amides is 1. The molecule has 1 aliphatic rings. The van der Waals surface area contributed by atoms with Crippen molar-refractivity contribution in [2.75, 3.05) is 18.9 Å². The van der Waals surface area contributed by atoms with E-state index in [4.69, 9.17) is 9.47 Å². The maximum atomic E-state index is 12.6. The van der Waals surface area contributed by atoms with Crippen LogP contribution in [0.5, 0.6) is 0 Å². The van der Waals surface area contributed by atoms with E-state index in [0.717, 1.165) is 22.3 Å². The van der Waals surface area contributed by atoms with Crippen LogP contribution in [0.4, 0.5) is 5.69 Å². The molecule has 6 atom stereocenters. The minimum atomic E-state index is -0.645. The summed E-state index contributed by atoms with van der Waals surface area (Å²) in [5.41, 5.74) is 4.67. The van der Waals surface area contributed by atoms with E-state index in [-0.39, 0.29) is 36.7 Å². The fourth-order valence-corrected chi connectivity index (χ4v) is 5.37. The summed E-state index contributed by atoms with van der Waals surface area (Å²) in [5, 5.41) is 23.5. The highest BCUT2D eigenvalue weighted by Crippen LogP contribution is 2.42. The van der Waals surface area contributed by atoms with Gasteiger partial charge in [-0.05, 0) is 54.9 Å². The summed E-state index contributed by atoms with van der Waals surface area (Å²) < 4.78 is 13.2. The second-order valence-corrected chi connectivity index (χ2v) is 11.2. The molecule has 43 heavy (non-hydrogen) atoms. The molecule has 1 amide bonds. The highest BCUT2D eigenvalue weighted by atomic mass is 16.7. The number of nitrogens with one attached hydrogen (secondary N) is 1. The lowest BCUT2D eigenvalue weighted by Crippen LogP contribution is -2.46. The van der Waals surface area contributed by atoms with E-state index in [0.29, 0.717) is 17.8 Å². The summed E-state index contributed by atoms with van der Waals surface area (Å²) in [4.78, 5) is 18.7. The first kappa shape index (κ1) is 30.5. The lowest BCUT2D eigenvalue weighted by atomic mass is 9.89. The molecule has 1 fully saturated rings. The van der Waals surface area contributed by atoms with E-state index in [1.165, 1.54) is 6.20 Å². The van der Waals surface area contributed by atoms with Gasteiger partial charge in [-0.2, -0.15) is 0 Å². The number of aliphatic hydroxyl groups excluding tert-OH is 2. The quantitative estimate of drug-likeness (QED) is 0.222. The Balaban J connectivity index is 1.35. The number of anilines is 1. The molecular weight excluding hydrogens is 542 g/mol. The summed E-state index contributed by atoms with van der Waals surface area (Å²) in [7, 11) is 2.00. The molecule has 224 valence electrons. The molecule has 1 saturated heterocycles. The van der Waals surface area contributed by atoms with Crippen LogP contribution < -0.4 is 5.32 Å². The largest absolute Gasteiger partial charge is 0.392 e. The third-order valence-electron chi connectivity index (χ3n) is 8.25.